The van der Waals surface area contributed by atoms with Crippen LogP contribution in [0.25, 0.3) is 0 Å². The van der Waals surface area contributed by atoms with Crippen molar-refractivity contribution in [3.8, 4) is 0 Å². The number of piperidine rings is 1. The second-order valence-electron chi connectivity index (χ2n) is 9.17. The van der Waals surface area contributed by atoms with Gasteiger partial charge in [0.1, 0.15) is 0 Å². The molecule has 7 heteroatoms. The van der Waals surface area contributed by atoms with Crippen LogP contribution in [0.5, 0.6) is 0 Å². The number of ether oxygens (including phenoxy) is 1. The Morgan fingerprint density at radius 2 is 1.87 bits per heavy atom. The number of nitrogens with one attached hydrogen (secondary N) is 1. The Labute approximate surface area is 184 Å². The van der Waals surface area contributed by atoms with Crippen LogP contribution in [0.2, 0.25) is 0 Å². The van der Waals surface area contributed by atoms with Gasteiger partial charge in [-0.2, -0.15) is 0 Å². The molecule has 0 aromatic heterocycles. The molecular formula is C24H33N3O4. The largest absolute Gasteiger partial charge is 0.383 e. The highest BCUT2D eigenvalue weighted by Gasteiger charge is 2.53. The van der Waals surface area contributed by atoms with Gasteiger partial charge < -0.3 is 19.9 Å². The molecule has 3 aliphatic rings. The van der Waals surface area contributed by atoms with Gasteiger partial charge in [-0.25, -0.2) is 0 Å². The number of hydrogen-bond acceptors (Lipinski definition) is 4. The third-order valence-electron chi connectivity index (χ3n) is 7.06. The summed E-state index contributed by atoms with van der Waals surface area (Å²) in [5.41, 5.74) is 0.835. The summed E-state index contributed by atoms with van der Waals surface area (Å²) in [6.45, 7) is 3.62. The zero-order valence-electron chi connectivity index (χ0n) is 18.3. The highest BCUT2D eigenvalue weighted by atomic mass is 16.5. The first-order valence-electron chi connectivity index (χ1n) is 11.4. The molecule has 3 fully saturated rings. The van der Waals surface area contributed by atoms with Gasteiger partial charge in [-0.1, -0.05) is 30.3 Å². The fourth-order valence-electron chi connectivity index (χ4n) is 4.99. The Balaban J connectivity index is 1.25. The number of methoxy groups -OCH3 is 1. The van der Waals surface area contributed by atoms with Crippen LogP contribution in [0.4, 0.5) is 0 Å². The molecule has 4 rings (SSSR count). The van der Waals surface area contributed by atoms with Gasteiger partial charge in [0.05, 0.1) is 17.9 Å². The molecule has 0 radical (unpaired) electrons. The first-order valence-corrected chi connectivity index (χ1v) is 11.4. The van der Waals surface area contributed by atoms with Crippen molar-refractivity contribution in [3.63, 3.8) is 0 Å². The highest BCUT2D eigenvalue weighted by molar-refractivity contribution is 5.91. The number of hydrogen-bond donors (Lipinski definition) is 1. The van der Waals surface area contributed by atoms with Crippen LogP contribution in [0, 0.1) is 11.8 Å². The second kappa shape index (κ2) is 9.39. The van der Waals surface area contributed by atoms with Gasteiger partial charge in [-0.05, 0) is 37.2 Å². The minimum Gasteiger partial charge on any atom is -0.383 e. The summed E-state index contributed by atoms with van der Waals surface area (Å²) in [6.07, 6.45) is 3.98. The van der Waals surface area contributed by atoms with Gasteiger partial charge in [-0.3, -0.25) is 14.4 Å². The molecule has 1 unspecified atom stereocenters. The monoisotopic (exact) mass is 427 g/mol. The average molecular weight is 428 g/mol. The Bertz CT molecular complexity index is 800. The molecule has 1 atom stereocenters. The zero-order chi connectivity index (χ0) is 21.8. The van der Waals surface area contributed by atoms with Gasteiger partial charge in [-0.15, -0.1) is 0 Å². The van der Waals surface area contributed by atoms with E-state index in [2.05, 4.69) is 17.4 Å². The smallest absolute Gasteiger partial charge is 0.233 e. The van der Waals surface area contributed by atoms with Crippen LogP contribution in [0.3, 0.4) is 0 Å². The van der Waals surface area contributed by atoms with Crippen molar-refractivity contribution in [3.05, 3.63) is 35.9 Å². The summed E-state index contributed by atoms with van der Waals surface area (Å²) in [4.78, 5) is 41.8. The van der Waals surface area contributed by atoms with Crippen molar-refractivity contribution in [1.82, 2.24) is 15.1 Å². The van der Waals surface area contributed by atoms with E-state index in [1.165, 1.54) is 0 Å². The summed E-state index contributed by atoms with van der Waals surface area (Å²) < 4.78 is 4.95. The molecule has 1 aromatic rings. The normalized spacial score (nSPS) is 23.1. The molecule has 1 saturated carbocycles. The van der Waals surface area contributed by atoms with Crippen LogP contribution in [-0.4, -0.2) is 74.0 Å². The molecule has 2 aliphatic heterocycles. The molecular weight excluding hydrogens is 394 g/mol. The van der Waals surface area contributed by atoms with Gasteiger partial charge in [0.25, 0.3) is 0 Å². The molecule has 2 heterocycles. The maximum absolute atomic E-state index is 13.2. The fraction of sp³-hybridized carbons (Fsp3) is 0.625. The van der Waals surface area contributed by atoms with Gasteiger partial charge >= 0.3 is 0 Å². The van der Waals surface area contributed by atoms with E-state index < -0.39 is 0 Å². The summed E-state index contributed by atoms with van der Waals surface area (Å²) in [7, 11) is 1.60. The lowest BCUT2D eigenvalue weighted by Crippen LogP contribution is -2.46. The Kier molecular flexibility index (Phi) is 6.60. The fourth-order valence-corrected chi connectivity index (χ4v) is 4.99. The lowest BCUT2D eigenvalue weighted by atomic mass is 9.91. The molecule has 3 amide bonds. The number of amides is 3. The lowest BCUT2D eigenvalue weighted by Gasteiger charge is -2.36. The molecule has 7 nitrogen and oxygen atoms in total. The molecule has 2 saturated heterocycles. The van der Waals surface area contributed by atoms with Crippen molar-refractivity contribution in [2.24, 2.45) is 11.8 Å². The first kappa shape index (κ1) is 21.8. The van der Waals surface area contributed by atoms with E-state index in [0.717, 1.165) is 44.3 Å². The van der Waals surface area contributed by atoms with Crippen molar-refractivity contribution in [2.75, 3.05) is 46.4 Å². The average Bonchev–Trinajstić information content (AvgIpc) is 3.53. The summed E-state index contributed by atoms with van der Waals surface area (Å²) in [6, 6.07) is 10.1. The predicted molar refractivity (Wildman–Crippen MR) is 116 cm³/mol. The standard InChI is InChI=1S/C24H33N3O4/c1-31-14-11-25-22(29)19-15-21(28)27(17-19)16-18-7-12-26(13-8-18)23(30)24(9-10-24)20-5-3-2-4-6-20/h2-6,18-19H,7-17H2,1H3,(H,25,29). The molecule has 1 aliphatic carbocycles. The molecule has 168 valence electrons. The van der Waals surface area contributed by atoms with E-state index >= 15 is 0 Å². The summed E-state index contributed by atoms with van der Waals surface area (Å²) in [5.74, 6) is 0.374. The maximum Gasteiger partial charge on any atom is 0.233 e. The van der Waals surface area contributed by atoms with Crippen LogP contribution in [0.15, 0.2) is 30.3 Å². The Morgan fingerprint density at radius 1 is 1.16 bits per heavy atom. The number of rotatable bonds is 8. The Morgan fingerprint density at radius 3 is 2.52 bits per heavy atom. The maximum atomic E-state index is 13.2. The Hall–Kier alpha value is -2.41. The van der Waals surface area contributed by atoms with Crippen LogP contribution in [-0.2, 0) is 24.5 Å². The third-order valence-corrected chi connectivity index (χ3v) is 7.06. The number of benzene rings is 1. The van der Waals surface area contributed by atoms with Crippen molar-refractivity contribution >= 4 is 17.7 Å². The van der Waals surface area contributed by atoms with Crippen molar-refractivity contribution < 1.29 is 19.1 Å². The van der Waals surface area contributed by atoms with Crippen LogP contribution >= 0.6 is 0 Å². The lowest BCUT2D eigenvalue weighted by molar-refractivity contribution is -0.136. The van der Waals surface area contributed by atoms with Crippen LogP contribution < -0.4 is 5.32 Å². The van der Waals surface area contributed by atoms with Crippen LogP contribution in [0.1, 0.15) is 37.7 Å². The number of carbonyl (C=O) groups is 3. The SMILES string of the molecule is COCCNC(=O)C1CC(=O)N(CC2CCN(C(=O)C3(c4ccccc4)CC3)CC2)C1. The van der Waals surface area contributed by atoms with Crippen molar-refractivity contribution in [1.29, 1.82) is 0 Å². The van der Waals surface area contributed by atoms with E-state index in [9.17, 15) is 14.4 Å². The third kappa shape index (κ3) is 4.76. The topological polar surface area (TPSA) is 79.0 Å². The minimum atomic E-state index is -0.303. The first-order chi connectivity index (χ1) is 15.0. The van der Waals surface area contributed by atoms with E-state index in [1.807, 2.05) is 28.0 Å². The number of carbonyl (C=O) groups excluding carboxylic acids is 3. The number of nitrogens with zero attached hydrogens (tertiary/aromatic N) is 2. The van der Waals surface area contributed by atoms with Crippen molar-refractivity contribution in [2.45, 2.75) is 37.5 Å². The van der Waals surface area contributed by atoms with Gasteiger partial charge in [0.15, 0.2) is 0 Å². The molecule has 1 aromatic carbocycles. The van der Waals surface area contributed by atoms with E-state index in [-0.39, 0.29) is 35.5 Å². The molecule has 31 heavy (non-hydrogen) atoms. The second-order valence-corrected chi connectivity index (χ2v) is 9.17. The molecule has 0 bridgehead atoms. The summed E-state index contributed by atoms with van der Waals surface area (Å²) in [5, 5.41) is 2.84. The van der Waals surface area contributed by atoms with E-state index in [1.54, 1.807) is 7.11 Å². The molecule has 0 spiro atoms. The number of likely N-dealkylation sites (tertiary alicyclic amines) is 2. The quantitative estimate of drug-likeness (QED) is 0.639. The molecule has 1 N–H and O–H groups in total. The van der Waals surface area contributed by atoms with E-state index in [0.29, 0.717) is 32.2 Å². The summed E-state index contributed by atoms with van der Waals surface area (Å²) >= 11 is 0. The highest BCUT2D eigenvalue weighted by Crippen LogP contribution is 2.49. The van der Waals surface area contributed by atoms with Gasteiger partial charge in [0.2, 0.25) is 17.7 Å². The predicted octanol–water partition coefficient (Wildman–Crippen LogP) is 1.57. The van der Waals surface area contributed by atoms with Gasteiger partial charge in [0, 0.05) is 46.3 Å². The minimum absolute atomic E-state index is 0.0615. The van der Waals surface area contributed by atoms with E-state index in [4.69, 9.17) is 4.74 Å². The zero-order valence-corrected chi connectivity index (χ0v) is 18.3.